The molecule has 30 heavy (non-hydrogen) atoms. The monoisotopic (exact) mass is 518 g/mol. The van der Waals surface area contributed by atoms with Gasteiger partial charge >= 0.3 is 0 Å². The van der Waals surface area contributed by atoms with Crippen LogP contribution in [0.25, 0.3) is 10.8 Å². The number of ether oxygens (including phenoxy) is 1. The van der Waals surface area contributed by atoms with E-state index in [4.69, 9.17) is 4.74 Å². The molecule has 1 N–H and O–H groups in total. The van der Waals surface area contributed by atoms with Crippen LogP contribution in [0, 0.1) is 0 Å². The highest BCUT2D eigenvalue weighted by molar-refractivity contribution is 14.0. The van der Waals surface area contributed by atoms with Crippen molar-refractivity contribution < 1.29 is 4.74 Å². The van der Waals surface area contributed by atoms with Gasteiger partial charge in [0, 0.05) is 45.6 Å². The van der Waals surface area contributed by atoms with E-state index in [0.29, 0.717) is 13.2 Å². The number of aromatic nitrogens is 2. The maximum absolute atomic E-state index is 5.91. The highest BCUT2D eigenvalue weighted by Crippen LogP contribution is 2.20. The molecule has 1 aliphatic rings. The van der Waals surface area contributed by atoms with Crippen LogP contribution in [-0.2, 0) is 0 Å². The first-order valence-electron chi connectivity index (χ1n) is 9.92. The van der Waals surface area contributed by atoms with Crippen LogP contribution in [0.2, 0.25) is 0 Å². The number of halogens is 1. The number of benzene rings is 2. The molecule has 0 atom stereocenters. The largest absolute Gasteiger partial charge is 0.492 e. The van der Waals surface area contributed by atoms with Crippen molar-refractivity contribution >= 4 is 46.7 Å². The number of fused-ring (bicyclic) bond motifs is 1. The predicted molar refractivity (Wildman–Crippen MR) is 132 cm³/mol. The van der Waals surface area contributed by atoms with Crippen molar-refractivity contribution in [2.45, 2.75) is 0 Å². The summed E-state index contributed by atoms with van der Waals surface area (Å²) in [6.45, 7) is 4.78. The van der Waals surface area contributed by atoms with Gasteiger partial charge in [0.25, 0.3) is 0 Å². The number of nitrogens with one attached hydrogen (secondary N) is 1. The van der Waals surface area contributed by atoms with E-state index in [2.05, 4.69) is 54.3 Å². The van der Waals surface area contributed by atoms with Gasteiger partial charge in [-0.1, -0.05) is 30.3 Å². The lowest BCUT2D eigenvalue weighted by atomic mass is 10.1. The summed E-state index contributed by atoms with van der Waals surface area (Å²) in [4.78, 5) is 17.6. The second kappa shape index (κ2) is 11.0. The van der Waals surface area contributed by atoms with E-state index in [-0.39, 0.29) is 24.0 Å². The zero-order valence-electron chi connectivity index (χ0n) is 17.1. The van der Waals surface area contributed by atoms with E-state index >= 15 is 0 Å². The molecular weight excluding hydrogens is 491 g/mol. The highest BCUT2D eigenvalue weighted by Gasteiger charge is 2.20. The first-order chi connectivity index (χ1) is 14.3. The predicted octanol–water partition coefficient (Wildman–Crippen LogP) is 3.02. The van der Waals surface area contributed by atoms with Crippen molar-refractivity contribution in [3.8, 4) is 5.75 Å². The lowest BCUT2D eigenvalue weighted by Gasteiger charge is -2.36. The first kappa shape index (κ1) is 22.1. The molecule has 8 heteroatoms. The summed E-state index contributed by atoms with van der Waals surface area (Å²) >= 11 is 0. The van der Waals surface area contributed by atoms with Gasteiger partial charge in [0.15, 0.2) is 5.96 Å². The van der Waals surface area contributed by atoms with E-state index < -0.39 is 0 Å². The molecule has 0 unspecified atom stereocenters. The van der Waals surface area contributed by atoms with Gasteiger partial charge in [-0.05, 0) is 29.0 Å². The minimum absolute atomic E-state index is 0. The average molecular weight is 518 g/mol. The molecule has 1 aromatic heterocycles. The molecule has 2 heterocycles. The van der Waals surface area contributed by atoms with Crippen molar-refractivity contribution in [2.75, 3.05) is 51.3 Å². The molecule has 0 spiro atoms. The fourth-order valence-electron chi connectivity index (χ4n) is 3.49. The molecular formula is C22H27IN6O. The Morgan fingerprint density at radius 2 is 1.73 bits per heavy atom. The molecule has 4 rings (SSSR count). The van der Waals surface area contributed by atoms with Crippen LogP contribution >= 0.6 is 24.0 Å². The fraction of sp³-hybridized carbons (Fsp3) is 0.318. The summed E-state index contributed by atoms with van der Waals surface area (Å²) in [5.74, 6) is 2.58. The van der Waals surface area contributed by atoms with Crippen LogP contribution in [0.4, 0.5) is 5.95 Å². The molecule has 1 fully saturated rings. The number of rotatable bonds is 5. The Balaban J connectivity index is 0.00000256. The third-order valence-electron chi connectivity index (χ3n) is 5.00. The summed E-state index contributed by atoms with van der Waals surface area (Å²) in [5, 5.41) is 5.81. The van der Waals surface area contributed by atoms with Gasteiger partial charge in [-0.2, -0.15) is 0 Å². The number of anilines is 1. The molecule has 7 nitrogen and oxygen atoms in total. The minimum Gasteiger partial charge on any atom is -0.492 e. The van der Waals surface area contributed by atoms with Crippen LogP contribution in [0.5, 0.6) is 5.75 Å². The van der Waals surface area contributed by atoms with E-state index in [1.54, 1.807) is 12.4 Å². The van der Waals surface area contributed by atoms with Crippen molar-refractivity contribution in [3.63, 3.8) is 0 Å². The number of nitrogens with zero attached hydrogens (tertiary/aromatic N) is 5. The van der Waals surface area contributed by atoms with Crippen molar-refractivity contribution in [1.29, 1.82) is 0 Å². The molecule has 0 radical (unpaired) electrons. The topological polar surface area (TPSA) is 65.9 Å². The Bertz CT molecular complexity index is 960. The van der Waals surface area contributed by atoms with Crippen LogP contribution < -0.4 is 15.0 Å². The Morgan fingerprint density at radius 3 is 2.47 bits per heavy atom. The standard InChI is InChI=1S/C22H26N6O.HI/c1-23-21(27-12-14-28(15-13-27)22-24-9-4-10-25-22)26-11-16-29-20-8-7-18-5-2-3-6-19(18)17-20;/h2-10,17H,11-16H2,1H3,(H,23,26);1H. The van der Waals surface area contributed by atoms with Gasteiger partial charge in [0.2, 0.25) is 5.95 Å². The first-order valence-corrected chi connectivity index (χ1v) is 9.92. The molecule has 158 valence electrons. The second-order valence-electron chi connectivity index (χ2n) is 6.85. The summed E-state index contributed by atoms with van der Waals surface area (Å²) in [5.41, 5.74) is 0. The molecule has 0 amide bonds. The van der Waals surface area contributed by atoms with E-state index in [9.17, 15) is 0 Å². The maximum atomic E-state index is 5.91. The van der Waals surface area contributed by atoms with Gasteiger partial charge in [0.1, 0.15) is 12.4 Å². The van der Waals surface area contributed by atoms with E-state index in [1.165, 1.54) is 10.8 Å². The quantitative estimate of drug-likeness (QED) is 0.243. The van der Waals surface area contributed by atoms with Crippen LogP contribution in [0.3, 0.4) is 0 Å². The summed E-state index contributed by atoms with van der Waals surface area (Å²) in [6.07, 6.45) is 3.56. The summed E-state index contributed by atoms with van der Waals surface area (Å²) in [7, 11) is 1.82. The maximum Gasteiger partial charge on any atom is 0.225 e. The third-order valence-corrected chi connectivity index (χ3v) is 5.00. The second-order valence-corrected chi connectivity index (χ2v) is 6.85. The van der Waals surface area contributed by atoms with Gasteiger partial charge < -0.3 is 19.9 Å². The summed E-state index contributed by atoms with van der Waals surface area (Å²) < 4.78 is 5.91. The third kappa shape index (κ3) is 5.50. The number of piperazine rings is 1. The van der Waals surface area contributed by atoms with Crippen LogP contribution in [-0.4, -0.2) is 67.2 Å². The highest BCUT2D eigenvalue weighted by atomic mass is 127. The SMILES string of the molecule is CN=C(NCCOc1ccc2ccccc2c1)N1CCN(c2ncccn2)CC1.I. The zero-order valence-corrected chi connectivity index (χ0v) is 19.4. The lowest BCUT2D eigenvalue weighted by molar-refractivity contribution is 0.315. The Hall–Kier alpha value is -2.62. The van der Waals surface area contributed by atoms with Crippen LogP contribution in [0.15, 0.2) is 65.9 Å². The molecule has 1 aliphatic heterocycles. The zero-order chi connectivity index (χ0) is 19.9. The minimum atomic E-state index is 0. The summed E-state index contributed by atoms with van der Waals surface area (Å²) in [6, 6.07) is 16.3. The Morgan fingerprint density at radius 1 is 1.00 bits per heavy atom. The number of aliphatic imine (C=N–C) groups is 1. The Labute approximate surface area is 194 Å². The van der Waals surface area contributed by atoms with Gasteiger partial charge in [-0.3, -0.25) is 4.99 Å². The smallest absolute Gasteiger partial charge is 0.225 e. The fourth-order valence-corrected chi connectivity index (χ4v) is 3.49. The molecule has 2 aromatic carbocycles. The number of hydrogen-bond acceptors (Lipinski definition) is 5. The van der Waals surface area contributed by atoms with E-state index in [0.717, 1.165) is 43.8 Å². The van der Waals surface area contributed by atoms with Gasteiger partial charge in [-0.25, -0.2) is 9.97 Å². The molecule has 0 saturated carbocycles. The number of guanidine groups is 1. The molecule has 0 aliphatic carbocycles. The van der Waals surface area contributed by atoms with Crippen molar-refractivity contribution in [2.24, 2.45) is 4.99 Å². The average Bonchev–Trinajstić information content (AvgIpc) is 2.80. The Kier molecular flexibility index (Phi) is 8.06. The molecule has 0 bridgehead atoms. The molecule has 3 aromatic rings. The van der Waals surface area contributed by atoms with Crippen molar-refractivity contribution in [1.82, 2.24) is 20.2 Å². The lowest BCUT2D eigenvalue weighted by Crippen LogP contribution is -2.53. The molecule has 1 saturated heterocycles. The normalized spacial score (nSPS) is 14.4. The van der Waals surface area contributed by atoms with Crippen LogP contribution in [0.1, 0.15) is 0 Å². The van der Waals surface area contributed by atoms with E-state index in [1.807, 2.05) is 31.3 Å². The van der Waals surface area contributed by atoms with Crippen molar-refractivity contribution in [3.05, 3.63) is 60.9 Å². The van der Waals surface area contributed by atoms with Gasteiger partial charge in [-0.15, -0.1) is 24.0 Å². The number of hydrogen-bond donors (Lipinski definition) is 1. The van der Waals surface area contributed by atoms with Gasteiger partial charge in [0.05, 0.1) is 6.54 Å².